The molecule has 3 aromatic rings. The number of ether oxygens (including phenoxy) is 2. The van der Waals surface area contributed by atoms with E-state index in [0.29, 0.717) is 35.0 Å². The molecule has 2 fully saturated rings. The first-order chi connectivity index (χ1) is 21.2. The lowest BCUT2D eigenvalue weighted by Crippen LogP contribution is -2.59. The Balaban J connectivity index is 1.21. The summed E-state index contributed by atoms with van der Waals surface area (Å²) in [7, 11) is 1.69. The molecule has 3 aliphatic rings. The summed E-state index contributed by atoms with van der Waals surface area (Å²) in [5.74, 6) is 1.53. The second-order valence-corrected chi connectivity index (χ2v) is 14.0. The number of nitrogens with zero attached hydrogens (tertiary/aromatic N) is 2. The third-order valence-corrected chi connectivity index (χ3v) is 10.9. The van der Waals surface area contributed by atoms with Crippen LogP contribution in [0.15, 0.2) is 36.0 Å². The fourth-order valence-electron chi connectivity index (χ4n) is 6.25. The maximum absolute atomic E-state index is 14.5. The minimum atomic E-state index is -0.0240. The second-order valence-electron chi connectivity index (χ2n) is 12.1. The van der Waals surface area contributed by atoms with Gasteiger partial charge in [-0.15, -0.1) is 11.3 Å². The third kappa shape index (κ3) is 6.51. The molecule has 7 nitrogen and oxygen atoms in total. The first-order valence-electron chi connectivity index (χ1n) is 15.4. The molecule has 44 heavy (non-hydrogen) atoms. The van der Waals surface area contributed by atoms with E-state index >= 15 is 0 Å². The van der Waals surface area contributed by atoms with E-state index in [0.717, 1.165) is 94.2 Å². The number of rotatable bonds is 11. The molecule has 1 amide bonds. The van der Waals surface area contributed by atoms with Crippen LogP contribution >= 0.6 is 34.5 Å². The van der Waals surface area contributed by atoms with Gasteiger partial charge in [0.05, 0.1) is 39.7 Å². The molecule has 2 aliphatic heterocycles. The number of carbonyl (C=O) groups is 1. The third-order valence-electron chi connectivity index (χ3n) is 9.05. The van der Waals surface area contributed by atoms with Crippen molar-refractivity contribution in [1.82, 2.24) is 20.5 Å². The van der Waals surface area contributed by atoms with E-state index in [4.69, 9.17) is 37.7 Å². The van der Waals surface area contributed by atoms with Crippen LogP contribution in [0.2, 0.25) is 10.0 Å². The zero-order valence-electron chi connectivity index (χ0n) is 25.8. The lowest BCUT2D eigenvalue weighted by Gasteiger charge is -2.40. The number of amides is 1. The highest BCUT2D eigenvalue weighted by Crippen LogP contribution is 2.39. The maximum atomic E-state index is 14.5. The summed E-state index contributed by atoms with van der Waals surface area (Å²) in [6.45, 7) is 8.73. The van der Waals surface area contributed by atoms with Crippen molar-refractivity contribution in [2.45, 2.75) is 77.5 Å². The van der Waals surface area contributed by atoms with Crippen LogP contribution in [0.3, 0.4) is 0 Å². The van der Waals surface area contributed by atoms with Gasteiger partial charge in [-0.2, -0.15) is 0 Å². The Morgan fingerprint density at radius 2 is 1.98 bits per heavy atom. The Kier molecular flexibility index (Phi) is 9.55. The number of carbonyl (C=O) groups excluding carboxylic acids is 1. The van der Waals surface area contributed by atoms with E-state index < -0.39 is 0 Å². The topological polar surface area (TPSA) is 75.7 Å². The fourth-order valence-corrected chi connectivity index (χ4v) is 7.94. The number of piperazine rings is 1. The lowest BCUT2D eigenvalue weighted by molar-refractivity contribution is -0.128. The standard InChI is InChI=1S/C34H40Cl2N4O3S/c1-19-13-26(35)33(32(36)20(19)2)43-12-6-9-30-38-17-29(44-30)25-14-23-15-37-16-27(39-23)31(25)34(41)40(24-10-11-24)18-22-7-5-8-28(42-4)21(22)3/h5,7-8,13,17,23-24,27,37,39H,6,9-12,14-16,18H2,1-4H3/t23?,27-/m1/s1. The van der Waals surface area contributed by atoms with E-state index in [9.17, 15) is 4.79 Å². The van der Waals surface area contributed by atoms with Crippen LogP contribution in [-0.4, -0.2) is 60.7 Å². The number of thiazole rings is 1. The molecule has 2 N–H and O–H groups in total. The van der Waals surface area contributed by atoms with Gasteiger partial charge < -0.3 is 25.0 Å². The summed E-state index contributed by atoms with van der Waals surface area (Å²) in [5, 5.41) is 9.41. The number of aromatic nitrogens is 1. The Hall–Kier alpha value is -2.62. The molecule has 2 atom stereocenters. The SMILES string of the molecule is COc1cccc(CN(C(=O)C2=C(c3cnc(CCCOc4c(Cl)cc(C)c(C)c4Cl)s3)CC3CNC[C@H]2N3)C2CC2)c1C. The van der Waals surface area contributed by atoms with Crippen molar-refractivity contribution >= 4 is 46.0 Å². The van der Waals surface area contributed by atoms with Gasteiger partial charge in [0.15, 0.2) is 5.75 Å². The number of fused-ring (bicyclic) bond motifs is 2. The molecule has 1 aromatic heterocycles. The van der Waals surface area contributed by atoms with Crippen LogP contribution in [0, 0.1) is 20.8 Å². The molecule has 1 aliphatic carbocycles. The molecular weight excluding hydrogens is 615 g/mol. The van der Waals surface area contributed by atoms with Crippen molar-refractivity contribution in [3.05, 3.63) is 78.2 Å². The summed E-state index contributed by atoms with van der Waals surface area (Å²) in [5.41, 5.74) is 6.27. The van der Waals surface area contributed by atoms with Crippen molar-refractivity contribution in [1.29, 1.82) is 0 Å². The predicted molar refractivity (Wildman–Crippen MR) is 178 cm³/mol. The van der Waals surface area contributed by atoms with Crippen LogP contribution in [0.5, 0.6) is 11.5 Å². The van der Waals surface area contributed by atoms with Crippen LogP contribution in [0.1, 0.15) is 57.8 Å². The van der Waals surface area contributed by atoms with Crippen molar-refractivity contribution in [2.75, 3.05) is 26.8 Å². The minimum absolute atomic E-state index is 0.0240. The second kappa shape index (κ2) is 13.4. The monoisotopic (exact) mass is 654 g/mol. The van der Waals surface area contributed by atoms with Crippen molar-refractivity contribution in [2.24, 2.45) is 0 Å². The zero-order chi connectivity index (χ0) is 31.0. The van der Waals surface area contributed by atoms with Crippen molar-refractivity contribution < 1.29 is 14.3 Å². The molecular formula is C34H40Cl2N4O3S. The van der Waals surface area contributed by atoms with E-state index in [1.165, 1.54) is 0 Å². The van der Waals surface area contributed by atoms with E-state index in [1.54, 1.807) is 18.4 Å². The number of nitrogens with one attached hydrogen (secondary N) is 2. The van der Waals surface area contributed by atoms with Gasteiger partial charge in [0.1, 0.15) is 5.75 Å². The Morgan fingerprint density at radius 3 is 2.75 bits per heavy atom. The van der Waals surface area contributed by atoms with E-state index in [2.05, 4.69) is 28.5 Å². The fraction of sp³-hybridized carbons (Fsp3) is 0.471. The van der Waals surface area contributed by atoms with Crippen LogP contribution in [-0.2, 0) is 17.8 Å². The van der Waals surface area contributed by atoms with Gasteiger partial charge in [-0.1, -0.05) is 35.3 Å². The first kappa shape index (κ1) is 31.4. The average molecular weight is 656 g/mol. The van der Waals surface area contributed by atoms with Gasteiger partial charge in [0.25, 0.3) is 5.91 Å². The Morgan fingerprint density at radius 1 is 1.16 bits per heavy atom. The van der Waals surface area contributed by atoms with Crippen molar-refractivity contribution in [3.8, 4) is 11.5 Å². The highest BCUT2D eigenvalue weighted by molar-refractivity contribution is 7.12. The number of aryl methyl sites for hydroxylation is 2. The quantitative estimate of drug-likeness (QED) is 0.225. The number of hydrogen-bond donors (Lipinski definition) is 2. The smallest absolute Gasteiger partial charge is 0.252 e. The molecule has 234 valence electrons. The van der Waals surface area contributed by atoms with Crippen molar-refractivity contribution in [3.63, 3.8) is 0 Å². The lowest BCUT2D eigenvalue weighted by atomic mass is 9.86. The summed E-state index contributed by atoms with van der Waals surface area (Å²) >= 11 is 14.6. The van der Waals surface area contributed by atoms with Gasteiger partial charge in [-0.25, -0.2) is 4.98 Å². The largest absolute Gasteiger partial charge is 0.496 e. The zero-order valence-corrected chi connectivity index (χ0v) is 28.1. The molecule has 2 aromatic carbocycles. The highest BCUT2D eigenvalue weighted by Gasteiger charge is 2.41. The summed E-state index contributed by atoms with van der Waals surface area (Å²) in [4.78, 5) is 22.5. The molecule has 10 heteroatoms. The first-order valence-corrected chi connectivity index (χ1v) is 17.0. The number of halogens is 2. The van der Waals surface area contributed by atoms with E-state index in [1.807, 2.05) is 38.2 Å². The summed E-state index contributed by atoms with van der Waals surface area (Å²) in [6, 6.07) is 8.52. The van der Waals surface area contributed by atoms with Crippen LogP contribution in [0.25, 0.3) is 5.57 Å². The average Bonchev–Trinajstić information content (AvgIpc) is 3.75. The minimum Gasteiger partial charge on any atom is -0.496 e. The van der Waals surface area contributed by atoms with Gasteiger partial charge in [-0.3, -0.25) is 4.79 Å². The number of hydrogen-bond acceptors (Lipinski definition) is 7. The number of methoxy groups -OCH3 is 1. The molecule has 0 radical (unpaired) electrons. The predicted octanol–water partition coefficient (Wildman–Crippen LogP) is 6.67. The highest BCUT2D eigenvalue weighted by atomic mass is 35.5. The summed E-state index contributed by atoms with van der Waals surface area (Å²) in [6.07, 6.45) is 6.41. The number of benzene rings is 2. The normalized spacial score (nSPS) is 19.7. The molecule has 1 saturated heterocycles. The van der Waals surface area contributed by atoms with Crippen LogP contribution in [0.4, 0.5) is 0 Å². The molecule has 3 heterocycles. The van der Waals surface area contributed by atoms with Gasteiger partial charge in [0.2, 0.25) is 0 Å². The molecule has 2 bridgehead atoms. The molecule has 1 unspecified atom stereocenters. The molecule has 6 rings (SSSR count). The maximum Gasteiger partial charge on any atom is 0.252 e. The molecule has 0 spiro atoms. The Bertz CT molecular complexity index is 1580. The van der Waals surface area contributed by atoms with Gasteiger partial charge >= 0.3 is 0 Å². The van der Waals surface area contributed by atoms with Gasteiger partial charge in [0, 0.05) is 49.9 Å². The van der Waals surface area contributed by atoms with Gasteiger partial charge in [-0.05, 0) is 86.4 Å². The van der Waals surface area contributed by atoms with E-state index in [-0.39, 0.29) is 18.0 Å². The van der Waals surface area contributed by atoms with Crippen LogP contribution < -0.4 is 20.1 Å². The Labute approximate surface area is 273 Å². The molecule has 1 saturated carbocycles. The summed E-state index contributed by atoms with van der Waals surface area (Å²) < 4.78 is 11.6.